The quantitative estimate of drug-likeness (QED) is 0.761. The van der Waals surface area contributed by atoms with Crippen LogP contribution < -0.4 is 0 Å². The average Bonchev–Trinajstić information content (AvgIpc) is 2.33. The molecule has 0 saturated heterocycles. The van der Waals surface area contributed by atoms with Crippen molar-refractivity contribution in [2.24, 2.45) is 0 Å². The Balaban J connectivity index is 1.82. The van der Waals surface area contributed by atoms with Crippen molar-refractivity contribution >= 4 is 0 Å². The zero-order valence-electron chi connectivity index (χ0n) is 9.07. The van der Waals surface area contributed by atoms with Gasteiger partial charge in [-0.15, -0.1) is 0 Å². The Morgan fingerprint density at radius 2 is 1.69 bits per heavy atom. The van der Waals surface area contributed by atoms with E-state index in [1.54, 1.807) is 6.20 Å². The molecule has 0 radical (unpaired) electrons. The molecule has 2 aromatic rings. The summed E-state index contributed by atoms with van der Waals surface area (Å²) in [6.07, 6.45) is 6.74. The van der Waals surface area contributed by atoms with Crippen molar-refractivity contribution in [2.45, 2.75) is 19.3 Å². The van der Waals surface area contributed by atoms with Crippen molar-refractivity contribution in [2.75, 3.05) is 0 Å². The highest BCUT2D eigenvalue weighted by Crippen LogP contribution is 2.08. The fraction of sp³-hybridized carbons (Fsp3) is 0.214. The second-order valence-corrected chi connectivity index (χ2v) is 3.84. The van der Waals surface area contributed by atoms with E-state index in [0.717, 1.165) is 19.3 Å². The molecule has 0 fully saturated rings. The number of aryl methyl sites for hydroxylation is 2. The first-order chi connectivity index (χ1) is 7.84. The summed E-state index contributed by atoms with van der Waals surface area (Å²) in [5, 5.41) is 0. The molecule has 1 heterocycles. The monoisotopic (exact) mass is 215 g/mol. The highest BCUT2D eigenvalue weighted by Gasteiger charge is 1.96. The molecular formula is C14H14FN. The third-order valence-corrected chi connectivity index (χ3v) is 2.57. The smallest absolute Gasteiger partial charge is 0.123 e. The fourth-order valence-electron chi connectivity index (χ4n) is 1.69. The number of hydrogen-bond acceptors (Lipinski definition) is 1. The Morgan fingerprint density at radius 3 is 2.38 bits per heavy atom. The van der Waals surface area contributed by atoms with Crippen LogP contribution in [0.1, 0.15) is 17.5 Å². The molecule has 0 N–H and O–H groups in total. The zero-order valence-corrected chi connectivity index (χ0v) is 9.07. The molecule has 1 aromatic carbocycles. The third kappa shape index (κ3) is 3.16. The van der Waals surface area contributed by atoms with E-state index in [9.17, 15) is 4.39 Å². The highest BCUT2D eigenvalue weighted by molar-refractivity contribution is 5.16. The summed E-state index contributed by atoms with van der Waals surface area (Å²) in [7, 11) is 0. The Kier molecular flexibility index (Phi) is 3.65. The van der Waals surface area contributed by atoms with Crippen LogP contribution in [0.2, 0.25) is 0 Å². The van der Waals surface area contributed by atoms with Gasteiger partial charge in [0.05, 0.1) is 0 Å². The molecule has 0 atom stereocenters. The molecular weight excluding hydrogens is 201 g/mol. The van der Waals surface area contributed by atoms with Crippen LogP contribution in [-0.4, -0.2) is 4.98 Å². The third-order valence-electron chi connectivity index (χ3n) is 2.57. The van der Waals surface area contributed by atoms with Gasteiger partial charge in [0.2, 0.25) is 0 Å². The van der Waals surface area contributed by atoms with E-state index in [1.807, 2.05) is 24.4 Å². The lowest BCUT2D eigenvalue weighted by Gasteiger charge is -2.01. The number of aromatic nitrogens is 1. The normalized spacial score (nSPS) is 10.3. The van der Waals surface area contributed by atoms with E-state index in [0.29, 0.717) is 0 Å². The van der Waals surface area contributed by atoms with Gasteiger partial charge in [0.1, 0.15) is 5.82 Å². The van der Waals surface area contributed by atoms with Crippen molar-refractivity contribution < 1.29 is 4.39 Å². The Morgan fingerprint density at radius 1 is 0.938 bits per heavy atom. The molecule has 0 aliphatic rings. The maximum Gasteiger partial charge on any atom is 0.123 e. The van der Waals surface area contributed by atoms with Crippen molar-refractivity contribution in [1.29, 1.82) is 0 Å². The van der Waals surface area contributed by atoms with Gasteiger partial charge >= 0.3 is 0 Å². The van der Waals surface area contributed by atoms with Gasteiger partial charge in [-0.1, -0.05) is 18.2 Å². The molecule has 16 heavy (non-hydrogen) atoms. The van der Waals surface area contributed by atoms with Gasteiger partial charge in [0.25, 0.3) is 0 Å². The molecule has 82 valence electrons. The van der Waals surface area contributed by atoms with Gasteiger partial charge in [-0.3, -0.25) is 4.98 Å². The minimum absolute atomic E-state index is 0.170. The van der Waals surface area contributed by atoms with Crippen LogP contribution >= 0.6 is 0 Å². The molecule has 1 aromatic heterocycles. The SMILES string of the molecule is Fc1ccc(CCCc2cccnc2)cc1. The molecule has 0 bridgehead atoms. The second kappa shape index (κ2) is 5.40. The van der Waals surface area contributed by atoms with Gasteiger partial charge in [-0.25, -0.2) is 4.39 Å². The standard InChI is InChI=1S/C14H14FN/c15-14-8-6-12(7-9-14)3-1-4-13-5-2-10-16-11-13/h2,5-11H,1,3-4H2. The molecule has 0 aliphatic carbocycles. The predicted molar refractivity (Wildman–Crippen MR) is 62.7 cm³/mol. The van der Waals surface area contributed by atoms with Crippen LogP contribution in [-0.2, 0) is 12.8 Å². The number of benzene rings is 1. The molecule has 0 amide bonds. The maximum absolute atomic E-state index is 12.7. The minimum atomic E-state index is -0.170. The average molecular weight is 215 g/mol. The molecule has 0 spiro atoms. The Labute approximate surface area is 95.0 Å². The number of nitrogens with zero attached hydrogens (tertiary/aromatic N) is 1. The van der Waals surface area contributed by atoms with Gasteiger partial charge in [0.15, 0.2) is 0 Å². The molecule has 2 rings (SSSR count). The largest absolute Gasteiger partial charge is 0.264 e. The first-order valence-electron chi connectivity index (χ1n) is 5.48. The molecule has 0 saturated carbocycles. The van der Waals surface area contributed by atoms with E-state index in [1.165, 1.54) is 23.3 Å². The van der Waals surface area contributed by atoms with Crippen LogP contribution in [0.5, 0.6) is 0 Å². The summed E-state index contributed by atoms with van der Waals surface area (Å²) in [6, 6.07) is 10.8. The van der Waals surface area contributed by atoms with Crippen LogP contribution in [0.3, 0.4) is 0 Å². The lowest BCUT2D eigenvalue weighted by Crippen LogP contribution is -1.90. The second-order valence-electron chi connectivity index (χ2n) is 3.84. The number of rotatable bonds is 4. The van der Waals surface area contributed by atoms with Crippen molar-refractivity contribution in [1.82, 2.24) is 4.98 Å². The van der Waals surface area contributed by atoms with Crippen molar-refractivity contribution in [3.8, 4) is 0 Å². The number of pyridine rings is 1. The van der Waals surface area contributed by atoms with Crippen LogP contribution in [0, 0.1) is 5.82 Å². The minimum Gasteiger partial charge on any atom is -0.264 e. The zero-order chi connectivity index (χ0) is 11.2. The first-order valence-corrected chi connectivity index (χ1v) is 5.48. The lowest BCUT2D eigenvalue weighted by molar-refractivity contribution is 0.626. The summed E-state index contributed by atoms with van der Waals surface area (Å²) in [5.41, 5.74) is 2.44. The fourth-order valence-corrected chi connectivity index (χ4v) is 1.69. The summed E-state index contributed by atoms with van der Waals surface area (Å²) in [4.78, 5) is 4.07. The summed E-state index contributed by atoms with van der Waals surface area (Å²) >= 11 is 0. The van der Waals surface area contributed by atoms with Gasteiger partial charge in [-0.05, 0) is 48.6 Å². The van der Waals surface area contributed by atoms with Crippen molar-refractivity contribution in [3.63, 3.8) is 0 Å². The van der Waals surface area contributed by atoms with Crippen LogP contribution in [0.4, 0.5) is 4.39 Å². The lowest BCUT2D eigenvalue weighted by atomic mass is 10.1. The number of hydrogen-bond donors (Lipinski definition) is 0. The van der Waals surface area contributed by atoms with E-state index in [-0.39, 0.29) is 5.82 Å². The van der Waals surface area contributed by atoms with Gasteiger partial charge < -0.3 is 0 Å². The van der Waals surface area contributed by atoms with Crippen molar-refractivity contribution in [3.05, 3.63) is 65.7 Å². The van der Waals surface area contributed by atoms with E-state index < -0.39 is 0 Å². The summed E-state index contributed by atoms with van der Waals surface area (Å²) < 4.78 is 12.7. The number of halogens is 1. The van der Waals surface area contributed by atoms with E-state index >= 15 is 0 Å². The van der Waals surface area contributed by atoms with Gasteiger partial charge in [0, 0.05) is 12.4 Å². The Hall–Kier alpha value is -1.70. The van der Waals surface area contributed by atoms with Crippen LogP contribution in [0.25, 0.3) is 0 Å². The summed E-state index contributed by atoms with van der Waals surface area (Å²) in [5.74, 6) is -0.170. The molecule has 2 heteroatoms. The van der Waals surface area contributed by atoms with E-state index in [2.05, 4.69) is 11.1 Å². The first kappa shape index (κ1) is 10.8. The molecule has 0 aliphatic heterocycles. The predicted octanol–water partition coefficient (Wildman–Crippen LogP) is 3.40. The molecule has 0 unspecified atom stereocenters. The maximum atomic E-state index is 12.7. The summed E-state index contributed by atoms with van der Waals surface area (Å²) in [6.45, 7) is 0. The molecule has 1 nitrogen and oxygen atoms in total. The van der Waals surface area contributed by atoms with Crippen LogP contribution in [0.15, 0.2) is 48.8 Å². The topological polar surface area (TPSA) is 12.9 Å². The van der Waals surface area contributed by atoms with Gasteiger partial charge in [-0.2, -0.15) is 0 Å². The highest BCUT2D eigenvalue weighted by atomic mass is 19.1. The Bertz CT molecular complexity index is 422. The van der Waals surface area contributed by atoms with E-state index in [4.69, 9.17) is 0 Å².